The van der Waals surface area contributed by atoms with Crippen LogP contribution in [0.4, 0.5) is 19.0 Å². The highest BCUT2D eigenvalue weighted by Gasteiger charge is 2.51. The van der Waals surface area contributed by atoms with Crippen LogP contribution in [0.3, 0.4) is 0 Å². The number of pyridine rings is 1. The lowest BCUT2D eigenvalue weighted by molar-refractivity contribution is -0.138. The molecule has 5 nitrogen and oxygen atoms in total. The maximum atomic E-state index is 12.3. The molecule has 2 aromatic rings. The molecule has 0 radical (unpaired) electrons. The van der Waals surface area contributed by atoms with Crippen LogP contribution in [-0.4, -0.2) is 35.4 Å². The standard InChI is InChI=1S/C21H23F3N2O3/c1-20(12-19(27)28)11-17(20)14-5-7-16(8-6-14)29-10-9-15-3-2-4-18(26-15)25-13-21(22,23)24/h2-8,17H,9-13H2,1H3,(H,25,26)(H,27,28). The van der Waals surface area contributed by atoms with E-state index >= 15 is 0 Å². The van der Waals surface area contributed by atoms with Crippen LogP contribution in [0.15, 0.2) is 42.5 Å². The number of hydrogen-bond donors (Lipinski definition) is 2. The van der Waals surface area contributed by atoms with E-state index in [2.05, 4.69) is 10.3 Å². The summed E-state index contributed by atoms with van der Waals surface area (Å²) in [5, 5.41) is 11.3. The fourth-order valence-electron chi connectivity index (χ4n) is 3.45. The molecular formula is C21H23F3N2O3. The van der Waals surface area contributed by atoms with Gasteiger partial charge in [-0.2, -0.15) is 13.2 Å². The number of alkyl halides is 3. The van der Waals surface area contributed by atoms with Gasteiger partial charge < -0.3 is 15.2 Å². The number of carboxylic acid groups (broad SMARTS) is 1. The van der Waals surface area contributed by atoms with Crippen molar-refractivity contribution in [3.8, 4) is 5.75 Å². The van der Waals surface area contributed by atoms with Gasteiger partial charge in [-0.3, -0.25) is 4.79 Å². The van der Waals surface area contributed by atoms with Crippen molar-refractivity contribution in [2.45, 2.75) is 38.3 Å². The molecule has 1 aromatic heterocycles. The first kappa shape index (κ1) is 21.0. The van der Waals surface area contributed by atoms with Crippen LogP contribution in [0.2, 0.25) is 0 Å². The molecule has 0 amide bonds. The smallest absolute Gasteiger partial charge is 0.405 e. The molecule has 0 spiro atoms. The molecule has 1 heterocycles. The number of aromatic nitrogens is 1. The molecule has 3 rings (SSSR count). The second kappa shape index (κ2) is 8.31. The number of aliphatic carboxylic acids is 1. The van der Waals surface area contributed by atoms with Crippen LogP contribution < -0.4 is 10.1 Å². The van der Waals surface area contributed by atoms with Gasteiger partial charge in [0.25, 0.3) is 0 Å². The lowest BCUT2D eigenvalue weighted by Crippen LogP contribution is -2.22. The molecule has 2 atom stereocenters. The number of hydrogen-bond acceptors (Lipinski definition) is 4. The minimum Gasteiger partial charge on any atom is -0.493 e. The van der Waals surface area contributed by atoms with Gasteiger partial charge in [0.2, 0.25) is 0 Å². The molecule has 1 aliphatic rings. The van der Waals surface area contributed by atoms with E-state index in [4.69, 9.17) is 9.84 Å². The van der Waals surface area contributed by atoms with Crippen LogP contribution in [0.1, 0.15) is 36.9 Å². The molecule has 1 aliphatic carbocycles. The number of halogens is 3. The number of ether oxygens (including phenoxy) is 1. The summed E-state index contributed by atoms with van der Waals surface area (Å²) in [5.41, 5.74) is 1.56. The number of carboxylic acids is 1. The quantitative estimate of drug-likeness (QED) is 0.632. The van der Waals surface area contributed by atoms with E-state index in [0.29, 0.717) is 24.5 Å². The minimum absolute atomic E-state index is 0.166. The van der Waals surface area contributed by atoms with Gasteiger partial charge >= 0.3 is 12.1 Å². The predicted octanol–water partition coefficient (Wildman–Crippen LogP) is 4.65. The monoisotopic (exact) mass is 408 g/mol. The number of rotatable bonds is 9. The Morgan fingerprint density at radius 3 is 2.66 bits per heavy atom. The van der Waals surface area contributed by atoms with Crippen molar-refractivity contribution in [1.82, 2.24) is 4.98 Å². The zero-order valence-corrected chi connectivity index (χ0v) is 16.0. The molecule has 0 bridgehead atoms. The summed E-state index contributed by atoms with van der Waals surface area (Å²) in [6.07, 6.45) is -2.80. The molecule has 2 unspecified atom stereocenters. The number of nitrogens with one attached hydrogen (secondary N) is 1. The third kappa shape index (κ3) is 6.10. The Kier molecular flexibility index (Phi) is 6.00. The molecule has 8 heteroatoms. The summed E-state index contributed by atoms with van der Waals surface area (Å²) in [6.45, 7) is 1.20. The first-order chi connectivity index (χ1) is 13.6. The lowest BCUT2D eigenvalue weighted by Gasteiger charge is -2.11. The number of benzene rings is 1. The lowest BCUT2D eigenvalue weighted by atomic mass is 9.98. The second-order valence-corrected chi connectivity index (χ2v) is 7.63. The molecule has 156 valence electrons. The molecule has 29 heavy (non-hydrogen) atoms. The molecule has 1 saturated carbocycles. The van der Waals surface area contributed by atoms with E-state index in [1.807, 2.05) is 31.2 Å². The van der Waals surface area contributed by atoms with Crippen molar-refractivity contribution in [1.29, 1.82) is 0 Å². The van der Waals surface area contributed by atoms with Crippen LogP contribution in [0.25, 0.3) is 0 Å². The Balaban J connectivity index is 1.47. The van der Waals surface area contributed by atoms with Gasteiger partial charge in [0.05, 0.1) is 13.0 Å². The van der Waals surface area contributed by atoms with Crippen LogP contribution >= 0.6 is 0 Å². The fourth-order valence-corrected chi connectivity index (χ4v) is 3.45. The van der Waals surface area contributed by atoms with E-state index < -0.39 is 18.7 Å². The van der Waals surface area contributed by atoms with Crippen molar-refractivity contribution >= 4 is 11.8 Å². The number of carbonyl (C=O) groups is 1. The Bertz CT molecular complexity index is 855. The third-order valence-electron chi connectivity index (χ3n) is 5.09. The van der Waals surface area contributed by atoms with E-state index in [1.54, 1.807) is 12.1 Å². The van der Waals surface area contributed by atoms with Crippen molar-refractivity contribution in [2.75, 3.05) is 18.5 Å². The van der Waals surface area contributed by atoms with E-state index in [-0.39, 0.29) is 23.6 Å². The first-order valence-electron chi connectivity index (χ1n) is 9.36. The highest BCUT2D eigenvalue weighted by molar-refractivity contribution is 5.68. The Morgan fingerprint density at radius 2 is 2.00 bits per heavy atom. The maximum absolute atomic E-state index is 12.3. The van der Waals surface area contributed by atoms with Crippen LogP contribution in [0, 0.1) is 5.41 Å². The third-order valence-corrected chi connectivity index (χ3v) is 5.09. The van der Waals surface area contributed by atoms with Crippen LogP contribution in [0.5, 0.6) is 5.75 Å². The van der Waals surface area contributed by atoms with Crippen LogP contribution in [-0.2, 0) is 11.2 Å². The van der Waals surface area contributed by atoms with Gasteiger partial charge in [-0.25, -0.2) is 4.98 Å². The zero-order valence-electron chi connectivity index (χ0n) is 16.0. The average Bonchev–Trinajstić information content (AvgIpc) is 3.30. The Morgan fingerprint density at radius 1 is 1.28 bits per heavy atom. The minimum atomic E-state index is -4.29. The molecular weight excluding hydrogens is 385 g/mol. The zero-order chi connectivity index (χ0) is 21.1. The van der Waals surface area contributed by atoms with Crippen molar-refractivity contribution in [2.24, 2.45) is 5.41 Å². The number of nitrogens with zero attached hydrogens (tertiary/aromatic N) is 1. The summed E-state index contributed by atoms with van der Waals surface area (Å²) < 4.78 is 42.5. The van der Waals surface area contributed by atoms with E-state index in [9.17, 15) is 18.0 Å². The summed E-state index contributed by atoms with van der Waals surface area (Å²) in [6, 6.07) is 12.5. The fraction of sp³-hybridized carbons (Fsp3) is 0.429. The predicted molar refractivity (Wildman–Crippen MR) is 102 cm³/mol. The van der Waals surface area contributed by atoms with E-state index in [0.717, 1.165) is 12.0 Å². The molecule has 1 fully saturated rings. The van der Waals surface area contributed by atoms with Gasteiger partial charge in [0.15, 0.2) is 0 Å². The normalized spacial score (nSPS) is 20.9. The molecule has 2 N–H and O–H groups in total. The topological polar surface area (TPSA) is 71.5 Å². The Labute approximate surface area is 166 Å². The summed E-state index contributed by atoms with van der Waals surface area (Å²) in [7, 11) is 0. The summed E-state index contributed by atoms with van der Waals surface area (Å²) >= 11 is 0. The van der Waals surface area contributed by atoms with Gasteiger partial charge in [-0.1, -0.05) is 25.1 Å². The van der Waals surface area contributed by atoms with Crippen molar-refractivity contribution in [3.63, 3.8) is 0 Å². The molecule has 1 aromatic carbocycles. The largest absolute Gasteiger partial charge is 0.493 e. The molecule has 0 saturated heterocycles. The van der Waals surface area contributed by atoms with Crippen molar-refractivity contribution in [3.05, 3.63) is 53.7 Å². The SMILES string of the molecule is CC1(CC(=O)O)CC1c1ccc(OCCc2cccc(NCC(F)(F)F)n2)cc1. The van der Waals surface area contributed by atoms with Gasteiger partial charge in [-0.05, 0) is 47.6 Å². The summed E-state index contributed by atoms with van der Waals surface area (Å²) in [4.78, 5) is 15.1. The molecule has 0 aliphatic heterocycles. The van der Waals surface area contributed by atoms with Gasteiger partial charge in [0.1, 0.15) is 18.1 Å². The van der Waals surface area contributed by atoms with Gasteiger partial charge in [0, 0.05) is 12.1 Å². The highest BCUT2D eigenvalue weighted by Crippen LogP contribution is 2.61. The van der Waals surface area contributed by atoms with Gasteiger partial charge in [-0.15, -0.1) is 0 Å². The highest BCUT2D eigenvalue weighted by atomic mass is 19.4. The average molecular weight is 408 g/mol. The second-order valence-electron chi connectivity index (χ2n) is 7.63. The number of anilines is 1. The van der Waals surface area contributed by atoms with Crippen molar-refractivity contribution < 1.29 is 27.8 Å². The maximum Gasteiger partial charge on any atom is 0.405 e. The first-order valence-corrected chi connectivity index (χ1v) is 9.36. The summed E-state index contributed by atoms with van der Waals surface area (Å²) in [5.74, 6) is 0.337. The Hall–Kier alpha value is -2.77. The van der Waals surface area contributed by atoms with E-state index in [1.165, 1.54) is 6.07 Å².